The molecule has 0 spiro atoms. The quantitative estimate of drug-likeness (QED) is 0.250. The maximum Gasteiger partial charge on any atom is 0.335 e. The molecule has 0 aliphatic carbocycles. The van der Waals surface area contributed by atoms with Gasteiger partial charge in [-0.15, -0.1) is 0 Å². The number of benzene rings is 4. The Morgan fingerprint density at radius 1 is 0.974 bits per heavy atom. The van der Waals surface area contributed by atoms with Crippen molar-refractivity contribution >= 4 is 51.3 Å². The third-order valence-electron chi connectivity index (χ3n) is 6.24. The number of ether oxygens (including phenoxy) is 2. The van der Waals surface area contributed by atoms with Crippen molar-refractivity contribution in [3.63, 3.8) is 0 Å². The molecule has 1 N–H and O–H groups in total. The van der Waals surface area contributed by atoms with Gasteiger partial charge >= 0.3 is 5.97 Å². The van der Waals surface area contributed by atoms with Gasteiger partial charge in [0.25, 0.3) is 5.91 Å². The Hall–Kier alpha value is -4.56. The number of nitrogens with zero attached hydrogens (tertiary/aromatic N) is 2. The average Bonchev–Trinajstić information content (AvgIpc) is 3.25. The number of thioether (sulfide) groups is 1. The van der Waals surface area contributed by atoms with Crippen molar-refractivity contribution in [3.8, 4) is 11.5 Å². The number of carboxylic acids is 1. The summed E-state index contributed by atoms with van der Waals surface area (Å²) in [5.74, 6) is 0.0420. The van der Waals surface area contributed by atoms with Gasteiger partial charge in [-0.2, -0.15) is 0 Å². The van der Waals surface area contributed by atoms with Crippen molar-refractivity contribution in [2.24, 2.45) is 4.99 Å². The Morgan fingerprint density at radius 2 is 1.74 bits per heavy atom. The fraction of sp³-hybridized carbons (Fsp3) is 0.129. The lowest BCUT2D eigenvalue weighted by atomic mass is 10.1. The molecular formula is C31H26N2O5S. The van der Waals surface area contributed by atoms with E-state index >= 15 is 0 Å². The molecule has 7 nitrogen and oxygen atoms in total. The zero-order valence-electron chi connectivity index (χ0n) is 21.5. The smallest absolute Gasteiger partial charge is 0.335 e. The summed E-state index contributed by atoms with van der Waals surface area (Å²) in [7, 11) is 1.59. The molecule has 5 rings (SSSR count). The van der Waals surface area contributed by atoms with E-state index in [1.807, 2.05) is 37.3 Å². The van der Waals surface area contributed by atoms with Crippen molar-refractivity contribution < 1.29 is 24.2 Å². The van der Waals surface area contributed by atoms with Gasteiger partial charge in [0.2, 0.25) is 0 Å². The van der Waals surface area contributed by atoms with Crippen LogP contribution in [0.1, 0.15) is 28.4 Å². The number of methoxy groups -OCH3 is 1. The number of carbonyl (C=O) groups is 2. The molecule has 0 aromatic heterocycles. The van der Waals surface area contributed by atoms with Gasteiger partial charge in [0.1, 0.15) is 6.61 Å². The largest absolute Gasteiger partial charge is 0.493 e. The van der Waals surface area contributed by atoms with Crippen molar-refractivity contribution in [3.05, 3.63) is 107 Å². The van der Waals surface area contributed by atoms with Gasteiger partial charge in [-0.05, 0) is 89.1 Å². The minimum absolute atomic E-state index is 0.140. The molecule has 1 amide bonds. The first-order valence-corrected chi connectivity index (χ1v) is 13.2. The number of carboxylic acid groups (broad SMARTS) is 1. The molecule has 0 radical (unpaired) electrons. The van der Waals surface area contributed by atoms with E-state index in [1.165, 1.54) is 29.3 Å². The summed E-state index contributed by atoms with van der Waals surface area (Å²) >= 11 is 1.28. The van der Waals surface area contributed by atoms with E-state index < -0.39 is 5.97 Å². The Bertz CT molecular complexity index is 1610. The fourth-order valence-corrected chi connectivity index (χ4v) is 5.26. The molecule has 1 aliphatic heterocycles. The molecule has 196 valence electrons. The van der Waals surface area contributed by atoms with Gasteiger partial charge in [0.05, 0.1) is 23.3 Å². The number of aromatic carboxylic acids is 1. The Morgan fingerprint density at radius 3 is 2.46 bits per heavy atom. The van der Waals surface area contributed by atoms with Gasteiger partial charge in [0.15, 0.2) is 16.7 Å². The molecule has 1 aliphatic rings. The molecule has 0 bridgehead atoms. The second-order valence-electron chi connectivity index (χ2n) is 8.79. The van der Waals surface area contributed by atoms with Crippen molar-refractivity contribution in [1.82, 2.24) is 4.90 Å². The maximum atomic E-state index is 13.1. The lowest BCUT2D eigenvalue weighted by Crippen LogP contribution is -2.28. The molecule has 4 aromatic carbocycles. The first kappa shape index (κ1) is 26.1. The van der Waals surface area contributed by atoms with Crippen LogP contribution in [0.2, 0.25) is 0 Å². The summed E-state index contributed by atoms with van der Waals surface area (Å²) in [4.78, 5) is 30.9. The van der Waals surface area contributed by atoms with Crippen LogP contribution in [-0.4, -0.2) is 40.7 Å². The van der Waals surface area contributed by atoms with Crippen LogP contribution >= 0.6 is 11.8 Å². The number of likely N-dealkylation sites (N-methyl/N-ethyl adjacent to an activating group) is 1. The SMILES string of the molecule is CCN1C(=O)C(=Cc2ccc(OCc3ccc4ccccc4c3)c(OC)c2)SC1=Nc1ccc(C(=O)O)cc1. The number of carbonyl (C=O) groups excluding carboxylic acids is 1. The summed E-state index contributed by atoms with van der Waals surface area (Å²) < 4.78 is 11.7. The normalized spacial score (nSPS) is 15.3. The van der Waals surface area contributed by atoms with Crippen LogP contribution in [0.5, 0.6) is 11.5 Å². The van der Waals surface area contributed by atoms with Gasteiger partial charge in [-0.3, -0.25) is 9.69 Å². The number of amides is 1. The molecule has 1 fully saturated rings. The number of amidine groups is 1. The summed E-state index contributed by atoms with van der Waals surface area (Å²) in [6, 6.07) is 26.2. The van der Waals surface area contributed by atoms with E-state index in [9.17, 15) is 9.59 Å². The number of fused-ring (bicyclic) bond motifs is 1. The maximum absolute atomic E-state index is 13.1. The number of aliphatic imine (C=N–C) groups is 1. The minimum Gasteiger partial charge on any atom is -0.493 e. The summed E-state index contributed by atoms with van der Waals surface area (Å²) in [5.41, 5.74) is 2.60. The van der Waals surface area contributed by atoms with Crippen molar-refractivity contribution in [2.45, 2.75) is 13.5 Å². The molecule has 0 atom stereocenters. The molecule has 1 heterocycles. The second kappa shape index (κ2) is 11.4. The third-order valence-corrected chi connectivity index (χ3v) is 7.24. The van der Waals surface area contributed by atoms with Crippen LogP contribution in [0.15, 0.2) is 94.8 Å². The predicted octanol–water partition coefficient (Wildman–Crippen LogP) is 6.75. The van der Waals surface area contributed by atoms with Gasteiger partial charge in [-0.25, -0.2) is 9.79 Å². The monoisotopic (exact) mass is 538 g/mol. The molecule has 0 saturated carbocycles. The predicted molar refractivity (Wildman–Crippen MR) is 155 cm³/mol. The van der Waals surface area contributed by atoms with E-state index in [-0.39, 0.29) is 11.5 Å². The van der Waals surface area contributed by atoms with E-state index in [2.05, 4.69) is 35.3 Å². The third kappa shape index (κ3) is 5.81. The molecule has 4 aromatic rings. The lowest BCUT2D eigenvalue weighted by Gasteiger charge is -2.12. The van der Waals surface area contributed by atoms with Crippen LogP contribution in [-0.2, 0) is 11.4 Å². The zero-order valence-corrected chi connectivity index (χ0v) is 22.3. The summed E-state index contributed by atoms with van der Waals surface area (Å²) in [5, 5.41) is 12.0. The highest BCUT2D eigenvalue weighted by Crippen LogP contribution is 2.36. The van der Waals surface area contributed by atoms with E-state index in [0.29, 0.717) is 40.4 Å². The molecule has 39 heavy (non-hydrogen) atoms. The van der Waals surface area contributed by atoms with Crippen molar-refractivity contribution in [1.29, 1.82) is 0 Å². The highest BCUT2D eigenvalue weighted by Gasteiger charge is 2.32. The number of rotatable bonds is 8. The first-order valence-electron chi connectivity index (χ1n) is 12.4. The van der Waals surface area contributed by atoms with Gasteiger partial charge < -0.3 is 14.6 Å². The lowest BCUT2D eigenvalue weighted by molar-refractivity contribution is -0.122. The van der Waals surface area contributed by atoms with E-state index in [4.69, 9.17) is 14.6 Å². The van der Waals surface area contributed by atoms with Crippen LogP contribution in [0.3, 0.4) is 0 Å². The fourth-order valence-electron chi connectivity index (χ4n) is 4.19. The Kier molecular flexibility index (Phi) is 7.65. The van der Waals surface area contributed by atoms with Crippen LogP contribution in [0, 0.1) is 0 Å². The van der Waals surface area contributed by atoms with E-state index in [0.717, 1.165) is 16.5 Å². The first-order chi connectivity index (χ1) is 18.9. The molecule has 8 heteroatoms. The zero-order chi connectivity index (χ0) is 27.4. The topological polar surface area (TPSA) is 88.4 Å². The standard InChI is InChI=1S/C31H26N2O5S/c1-3-33-29(34)28(39-31(33)32-25-13-11-23(12-14-25)30(35)36)18-20-9-15-26(27(17-20)37-2)38-19-21-8-10-22-6-4-5-7-24(22)16-21/h4-18H,3,19H2,1-2H3,(H,35,36). The molecular weight excluding hydrogens is 512 g/mol. The minimum atomic E-state index is -0.999. The van der Waals surface area contributed by atoms with E-state index in [1.54, 1.807) is 30.2 Å². The number of hydrogen-bond donors (Lipinski definition) is 1. The molecule has 1 saturated heterocycles. The van der Waals surface area contributed by atoms with Crippen LogP contribution in [0.25, 0.3) is 16.8 Å². The van der Waals surface area contributed by atoms with Crippen LogP contribution in [0.4, 0.5) is 5.69 Å². The van der Waals surface area contributed by atoms with Crippen molar-refractivity contribution in [2.75, 3.05) is 13.7 Å². The average molecular weight is 539 g/mol. The van der Waals surface area contributed by atoms with Gasteiger partial charge in [-0.1, -0.05) is 42.5 Å². The Labute approximate surface area is 230 Å². The van der Waals surface area contributed by atoms with Gasteiger partial charge in [0, 0.05) is 6.54 Å². The highest BCUT2D eigenvalue weighted by molar-refractivity contribution is 8.18. The molecule has 0 unspecified atom stereocenters. The summed E-state index contributed by atoms with van der Waals surface area (Å²) in [6.45, 7) is 2.74. The number of hydrogen-bond acceptors (Lipinski definition) is 6. The summed E-state index contributed by atoms with van der Waals surface area (Å²) in [6.07, 6.45) is 1.81. The Balaban J connectivity index is 1.33. The van der Waals surface area contributed by atoms with Crippen LogP contribution < -0.4 is 9.47 Å². The highest BCUT2D eigenvalue weighted by atomic mass is 32.2. The second-order valence-corrected chi connectivity index (χ2v) is 9.80.